The second kappa shape index (κ2) is 2.78. The minimum Gasteiger partial charge on any atom is -0.306 e. The molecule has 0 atom stereocenters. The number of fused-ring (bicyclic) bond motifs is 2. The predicted molar refractivity (Wildman–Crippen MR) is 48.7 cm³/mol. The van der Waals surface area contributed by atoms with Gasteiger partial charge >= 0.3 is 0 Å². The maximum atomic E-state index is 11.9. The lowest BCUT2D eigenvalue weighted by Gasteiger charge is -2.38. The van der Waals surface area contributed by atoms with Gasteiger partial charge in [0.1, 0.15) is 0 Å². The molecular weight excluding hydrogens is 179 g/mol. The summed E-state index contributed by atoms with van der Waals surface area (Å²) in [5.74, 6) is 0. The maximum Gasteiger partial charge on any atom is 0.175 e. The first-order valence-electron chi connectivity index (χ1n) is 4.50. The van der Waals surface area contributed by atoms with Crippen LogP contribution in [-0.2, 0) is 4.57 Å². The van der Waals surface area contributed by atoms with Crippen LogP contribution in [0.1, 0.15) is 38.5 Å². The van der Waals surface area contributed by atoms with Crippen LogP contribution in [0.25, 0.3) is 0 Å². The molecule has 2 aliphatic rings. The summed E-state index contributed by atoms with van der Waals surface area (Å²) in [6, 6.07) is 0. The van der Waals surface area contributed by atoms with E-state index < -0.39 is 6.49 Å². The fourth-order valence-electron chi connectivity index (χ4n) is 2.47. The molecule has 0 radical (unpaired) electrons. The highest BCUT2D eigenvalue weighted by Crippen LogP contribution is 2.69. The second-order valence-electron chi connectivity index (χ2n) is 3.79. The van der Waals surface area contributed by atoms with Gasteiger partial charge in [0.2, 0.25) is 0 Å². The van der Waals surface area contributed by atoms with E-state index in [0.717, 1.165) is 25.7 Å². The van der Waals surface area contributed by atoms with E-state index in [1.807, 2.05) is 0 Å². The van der Waals surface area contributed by atoms with Crippen molar-refractivity contribution in [1.82, 2.24) is 0 Å². The summed E-state index contributed by atoms with van der Waals surface area (Å²) in [7, 11) is 0. The average molecular weight is 193 g/mol. The highest BCUT2D eigenvalue weighted by atomic mass is 35.7. The first-order valence-corrected chi connectivity index (χ1v) is 7.25. The summed E-state index contributed by atoms with van der Waals surface area (Å²) in [4.78, 5) is 0. The Morgan fingerprint density at radius 2 is 1.36 bits per heavy atom. The summed E-state index contributed by atoms with van der Waals surface area (Å²) in [5, 5.41) is 0. The summed E-state index contributed by atoms with van der Waals surface area (Å²) in [6.07, 6.45) is 7.00. The third-order valence-electron chi connectivity index (χ3n) is 3.15. The van der Waals surface area contributed by atoms with Gasteiger partial charge in [0.25, 0.3) is 0 Å². The zero-order valence-electron chi connectivity index (χ0n) is 6.63. The quantitative estimate of drug-likeness (QED) is 0.536. The Balaban J connectivity index is 2.24. The van der Waals surface area contributed by atoms with E-state index in [2.05, 4.69) is 0 Å². The van der Waals surface area contributed by atoms with Gasteiger partial charge in [-0.25, -0.2) is 0 Å². The highest BCUT2D eigenvalue weighted by molar-refractivity contribution is 7.90. The minimum atomic E-state index is -2.23. The summed E-state index contributed by atoms with van der Waals surface area (Å²) in [6.45, 7) is -2.23. The van der Waals surface area contributed by atoms with Crippen molar-refractivity contribution in [2.75, 3.05) is 0 Å². The van der Waals surface area contributed by atoms with Crippen LogP contribution in [-0.4, -0.2) is 11.3 Å². The Morgan fingerprint density at radius 3 is 1.64 bits per heavy atom. The lowest BCUT2D eigenvalue weighted by atomic mass is 9.99. The van der Waals surface area contributed by atoms with E-state index >= 15 is 0 Å². The van der Waals surface area contributed by atoms with Crippen molar-refractivity contribution < 1.29 is 4.57 Å². The van der Waals surface area contributed by atoms with Gasteiger partial charge < -0.3 is 4.57 Å². The molecule has 0 N–H and O–H groups in total. The van der Waals surface area contributed by atoms with Crippen molar-refractivity contribution in [3.8, 4) is 0 Å². The topological polar surface area (TPSA) is 17.1 Å². The molecule has 0 aromatic rings. The Morgan fingerprint density at radius 1 is 1.00 bits per heavy atom. The molecule has 0 aliphatic carbocycles. The number of rotatable bonds is 0. The van der Waals surface area contributed by atoms with E-state index in [9.17, 15) is 4.57 Å². The maximum absolute atomic E-state index is 11.9. The Labute approximate surface area is 72.7 Å². The zero-order chi connectivity index (χ0) is 7.90. The molecule has 2 bridgehead atoms. The van der Waals surface area contributed by atoms with Gasteiger partial charge in [-0.2, -0.15) is 0 Å². The third-order valence-corrected chi connectivity index (χ3v) is 7.83. The molecule has 0 aromatic carbocycles. The van der Waals surface area contributed by atoms with Gasteiger partial charge in [-0.3, -0.25) is 0 Å². The van der Waals surface area contributed by atoms with Gasteiger partial charge in [-0.1, -0.05) is 24.1 Å². The lowest BCUT2D eigenvalue weighted by Crippen LogP contribution is -2.26. The van der Waals surface area contributed by atoms with Crippen LogP contribution < -0.4 is 0 Å². The van der Waals surface area contributed by atoms with Crippen molar-refractivity contribution >= 4 is 17.7 Å². The predicted octanol–water partition coefficient (Wildman–Crippen LogP) is 3.61. The van der Waals surface area contributed by atoms with Crippen molar-refractivity contribution in [2.24, 2.45) is 0 Å². The summed E-state index contributed by atoms with van der Waals surface area (Å²) >= 11 is 6.10. The molecule has 0 aromatic heterocycles. The van der Waals surface area contributed by atoms with E-state index in [-0.39, 0.29) is 0 Å². The molecule has 0 saturated carbocycles. The van der Waals surface area contributed by atoms with Gasteiger partial charge in [0, 0.05) is 11.3 Å². The molecular formula is C8H14ClOP. The fraction of sp³-hybridized carbons (Fsp3) is 1.00. The molecule has 0 unspecified atom stereocenters. The highest BCUT2D eigenvalue weighted by Gasteiger charge is 2.43. The van der Waals surface area contributed by atoms with Crippen molar-refractivity contribution in [2.45, 2.75) is 49.8 Å². The van der Waals surface area contributed by atoms with E-state index in [1.54, 1.807) is 0 Å². The van der Waals surface area contributed by atoms with Crippen LogP contribution in [0.2, 0.25) is 0 Å². The summed E-state index contributed by atoms with van der Waals surface area (Å²) < 4.78 is 11.9. The van der Waals surface area contributed by atoms with Crippen LogP contribution in [0.3, 0.4) is 0 Å². The molecule has 2 rings (SSSR count). The first kappa shape index (κ1) is 8.13. The monoisotopic (exact) mass is 192 g/mol. The zero-order valence-corrected chi connectivity index (χ0v) is 8.28. The second-order valence-corrected chi connectivity index (χ2v) is 8.09. The largest absolute Gasteiger partial charge is 0.306 e. The SMILES string of the molecule is O=P1(Cl)C2CCCC1CCC2. The Bertz CT molecular complexity index is 178. The molecule has 64 valence electrons. The molecule has 2 heterocycles. The van der Waals surface area contributed by atoms with Crippen molar-refractivity contribution in [3.63, 3.8) is 0 Å². The van der Waals surface area contributed by atoms with Crippen LogP contribution in [0, 0.1) is 0 Å². The van der Waals surface area contributed by atoms with Crippen LogP contribution >= 0.6 is 17.7 Å². The van der Waals surface area contributed by atoms with Crippen LogP contribution in [0.4, 0.5) is 0 Å². The first-order chi connectivity index (χ1) is 5.21. The van der Waals surface area contributed by atoms with Gasteiger partial charge in [-0.15, -0.1) is 0 Å². The molecule has 0 spiro atoms. The molecule has 3 heteroatoms. The molecule has 2 aliphatic heterocycles. The summed E-state index contributed by atoms with van der Waals surface area (Å²) in [5.41, 5.74) is 0.772. The lowest BCUT2D eigenvalue weighted by molar-refractivity contribution is 0.440. The third kappa shape index (κ3) is 1.27. The number of hydrogen-bond donors (Lipinski definition) is 0. The fourth-order valence-corrected chi connectivity index (χ4v) is 6.38. The van der Waals surface area contributed by atoms with Gasteiger partial charge in [0.15, 0.2) is 6.49 Å². The number of hydrogen-bond acceptors (Lipinski definition) is 1. The van der Waals surface area contributed by atoms with Crippen LogP contribution in [0.5, 0.6) is 0 Å². The van der Waals surface area contributed by atoms with Gasteiger partial charge in [0.05, 0.1) is 0 Å². The molecule has 2 fully saturated rings. The normalized spacial score (nSPS) is 50.6. The van der Waals surface area contributed by atoms with Crippen molar-refractivity contribution in [3.05, 3.63) is 0 Å². The van der Waals surface area contributed by atoms with Crippen LogP contribution in [0.15, 0.2) is 0 Å². The minimum absolute atomic E-state index is 0.386. The molecule has 1 nitrogen and oxygen atoms in total. The van der Waals surface area contributed by atoms with E-state index in [0.29, 0.717) is 11.3 Å². The smallest absolute Gasteiger partial charge is 0.175 e. The Kier molecular flexibility index (Phi) is 2.06. The van der Waals surface area contributed by atoms with E-state index in [4.69, 9.17) is 11.2 Å². The Hall–Kier alpha value is 0.520. The standard InChI is InChI=1S/C8H14ClOP/c9-11(10)7-3-1-4-8(11)6-2-5-7/h7-8H,1-6H2. The molecule has 0 amide bonds. The van der Waals surface area contributed by atoms with Gasteiger partial charge in [-0.05, 0) is 25.7 Å². The number of halogens is 1. The van der Waals surface area contributed by atoms with E-state index in [1.165, 1.54) is 12.8 Å². The van der Waals surface area contributed by atoms with Crippen molar-refractivity contribution in [1.29, 1.82) is 0 Å². The molecule has 2 saturated heterocycles. The molecule has 11 heavy (non-hydrogen) atoms. The average Bonchev–Trinajstić information content (AvgIpc) is 1.82.